The van der Waals surface area contributed by atoms with Crippen LogP contribution in [0.25, 0.3) is 0 Å². The van der Waals surface area contributed by atoms with Gasteiger partial charge in [0, 0.05) is 19.3 Å². The van der Waals surface area contributed by atoms with Gasteiger partial charge in [-0.1, -0.05) is 12.1 Å². The van der Waals surface area contributed by atoms with E-state index in [2.05, 4.69) is 26.6 Å². The van der Waals surface area contributed by atoms with Crippen LogP contribution in [0, 0.1) is 0 Å². The van der Waals surface area contributed by atoms with Crippen molar-refractivity contribution in [1.82, 2.24) is 26.6 Å². The summed E-state index contributed by atoms with van der Waals surface area (Å²) in [5, 5.41) is 40.8. The number of rotatable bonds is 24. The van der Waals surface area contributed by atoms with Crippen LogP contribution in [-0.4, -0.2) is 113 Å². The summed E-state index contributed by atoms with van der Waals surface area (Å²) in [6.45, 7) is -1.05. The van der Waals surface area contributed by atoms with E-state index in [9.17, 15) is 53.7 Å². The van der Waals surface area contributed by atoms with Gasteiger partial charge < -0.3 is 64.8 Å². The summed E-state index contributed by atoms with van der Waals surface area (Å²) in [6, 6.07) is -1.93. The highest BCUT2D eigenvalue weighted by atomic mass is 16.4. The molecule has 16 N–H and O–H groups in total. The Hall–Kier alpha value is -5.34. The maximum atomic E-state index is 13.5. The second-order valence-corrected chi connectivity index (χ2v) is 11.3. The molecule has 5 atom stereocenters. The first kappa shape index (κ1) is 42.7. The van der Waals surface area contributed by atoms with Gasteiger partial charge in [-0.2, -0.15) is 0 Å². The van der Waals surface area contributed by atoms with Gasteiger partial charge in [-0.3, -0.25) is 33.6 Å². The Morgan fingerprint density at radius 3 is 1.58 bits per heavy atom. The summed E-state index contributed by atoms with van der Waals surface area (Å²) < 4.78 is 0. The fourth-order valence-electron chi connectivity index (χ4n) is 4.47. The lowest BCUT2D eigenvalue weighted by Gasteiger charge is -2.26. The molecule has 0 radical (unpaired) electrons. The lowest BCUT2D eigenvalue weighted by Crippen LogP contribution is -2.60. The molecule has 0 heterocycles. The van der Waals surface area contributed by atoms with Crippen molar-refractivity contribution in [3.63, 3.8) is 0 Å². The molecule has 0 aromatic heterocycles. The molecule has 1 aromatic carbocycles. The van der Waals surface area contributed by atoms with Crippen molar-refractivity contribution in [2.75, 3.05) is 19.7 Å². The molecule has 0 saturated carbocycles. The number of phenolic OH excluding ortho intramolecular Hbond substituents is 1. The van der Waals surface area contributed by atoms with Crippen molar-refractivity contribution in [3.8, 4) is 5.75 Å². The van der Waals surface area contributed by atoms with E-state index in [0.717, 1.165) is 0 Å². The van der Waals surface area contributed by atoms with E-state index >= 15 is 0 Å². The molecule has 20 heteroatoms. The normalized spacial score (nSPS) is 13.7. The number of hydrogen-bond donors (Lipinski definition) is 12. The van der Waals surface area contributed by atoms with Gasteiger partial charge in [0.25, 0.3) is 0 Å². The Morgan fingerprint density at radius 2 is 1.08 bits per heavy atom. The number of phenols is 1. The molecule has 7 amide bonds. The third-order valence-electron chi connectivity index (χ3n) is 7.22. The van der Waals surface area contributed by atoms with E-state index in [0.29, 0.717) is 24.9 Å². The van der Waals surface area contributed by atoms with Gasteiger partial charge in [0.2, 0.25) is 41.4 Å². The average Bonchev–Trinajstić information content (AvgIpc) is 3.06. The first-order valence-electron chi connectivity index (χ1n) is 15.7. The first-order valence-corrected chi connectivity index (χ1v) is 15.7. The number of primary amides is 2. The molecule has 0 unspecified atom stereocenters. The number of amides is 7. The van der Waals surface area contributed by atoms with E-state index in [1.165, 1.54) is 24.3 Å². The number of nitrogens with two attached hydrogens (primary N) is 4. The summed E-state index contributed by atoms with van der Waals surface area (Å²) in [5.41, 5.74) is 21.6. The number of carboxylic acids is 1. The Balaban J connectivity index is 3.27. The zero-order valence-corrected chi connectivity index (χ0v) is 27.4. The van der Waals surface area contributed by atoms with Gasteiger partial charge in [-0.05, 0) is 56.3 Å². The molecule has 1 rings (SSSR count). The molecule has 50 heavy (non-hydrogen) atoms. The quantitative estimate of drug-likeness (QED) is 0.0448. The summed E-state index contributed by atoms with van der Waals surface area (Å²) in [5.74, 6) is -7.84. The van der Waals surface area contributed by atoms with Crippen LogP contribution in [0.1, 0.15) is 50.5 Å². The van der Waals surface area contributed by atoms with E-state index in [1.54, 1.807) is 0 Å². The van der Waals surface area contributed by atoms with Gasteiger partial charge >= 0.3 is 5.97 Å². The van der Waals surface area contributed by atoms with E-state index < -0.39 is 104 Å². The van der Waals surface area contributed by atoms with Crippen LogP contribution >= 0.6 is 0 Å². The van der Waals surface area contributed by atoms with Gasteiger partial charge in [-0.25, -0.2) is 4.79 Å². The fourth-order valence-corrected chi connectivity index (χ4v) is 4.47. The van der Waals surface area contributed by atoms with Crippen molar-refractivity contribution < 1.29 is 53.7 Å². The first-order chi connectivity index (χ1) is 23.6. The Bertz CT molecular complexity index is 1340. The highest BCUT2D eigenvalue weighted by Gasteiger charge is 2.32. The topological polar surface area (TPSA) is 361 Å². The highest BCUT2D eigenvalue weighted by Crippen LogP contribution is 2.13. The maximum absolute atomic E-state index is 13.5. The smallest absolute Gasteiger partial charge is 0.326 e. The van der Waals surface area contributed by atoms with Gasteiger partial charge in [0.1, 0.15) is 36.0 Å². The van der Waals surface area contributed by atoms with Crippen molar-refractivity contribution in [1.29, 1.82) is 0 Å². The largest absolute Gasteiger partial charge is 0.508 e. The number of hydrogen-bond acceptors (Lipinski definition) is 12. The zero-order valence-electron chi connectivity index (χ0n) is 27.4. The second kappa shape index (κ2) is 22.3. The zero-order chi connectivity index (χ0) is 37.8. The number of carbonyl (C=O) groups excluding carboxylic acids is 7. The summed E-state index contributed by atoms with van der Waals surface area (Å²) in [6.07, 6.45) is -0.695. The van der Waals surface area contributed by atoms with Crippen LogP contribution in [-0.2, 0) is 44.8 Å². The third kappa shape index (κ3) is 16.2. The molecule has 0 aliphatic carbocycles. The summed E-state index contributed by atoms with van der Waals surface area (Å²) in [7, 11) is 0. The Labute approximate surface area is 287 Å². The molecule has 20 nitrogen and oxygen atoms in total. The minimum absolute atomic E-state index is 0.0976. The predicted molar refractivity (Wildman–Crippen MR) is 175 cm³/mol. The standard InChI is InChI=1S/C30H47N9O11/c31-12-2-1-3-18(35-25(44)14-32)26(45)39-22(15-40)29(48)36-19(8-10-23(33)42)27(46)38-21(13-16-4-6-17(41)7-5-16)28(47)37-20(30(49)50)9-11-24(34)43/h4-7,18-22,40-41H,1-3,8-15,31-32H2,(H2,33,42)(H2,34,43)(H,35,44)(H,36,48)(H,37,47)(H,38,46)(H,39,45)(H,49,50)/t18-,19-,20-,21-,22-/m0/s1. The molecular formula is C30H47N9O11. The number of carboxylic acid groups (broad SMARTS) is 1. The molecule has 0 aliphatic heterocycles. The fraction of sp³-hybridized carbons (Fsp3) is 0.533. The summed E-state index contributed by atoms with van der Waals surface area (Å²) >= 11 is 0. The number of aliphatic carboxylic acids is 1. The molecule has 0 bridgehead atoms. The number of aromatic hydroxyl groups is 1. The van der Waals surface area contributed by atoms with Crippen LogP contribution < -0.4 is 49.5 Å². The van der Waals surface area contributed by atoms with Gasteiger partial charge in [-0.15, -0.1) is 0 Å². The molecule has 0 spiro atoms. The maximum Gasteiger partial charge on any atom is 0.326 e. The molecule has 0 aliphatic rings. The Morgan fingerprint density at radius 1 is 0.620 bits per heavy atom. The minimum atomic E-state index is -1.64. The SMILES string of the molecule is NCCCC[C@H](NC(=O)CN)C(=O)N[C@@H](CO)C(=O)N[C@@H](CCC(N)=O)C(=O)N[C@@H](Cc1ccc(O)cc1)C(=O)N[C@@H](CCC(N)=O)C(=O)O. The van der Waals surface area contributed by atoms with E-state index in [1.807, 2.05) is 0 Å². The molecule has 0 fully saturated rings. The van der Waals surface area contributed by atoms with Crippen LogP contribution in [0.2, 0.25) is 0 Å². The highest BCUT2D eigenvalue weighted by molar-refractivity contribution is 5.96. The van der Waals surface area contributed by atoms with Crippen LogP contribution in [0.15, 0.2) is 24.3 Å². The number of benzene rings is 1. The lowest BCUT2D eigenvalue weighted by molar-refractivity contribution is -0.142. The van der Waals surface area contributed by atoms with Crippen molar-refractivity contribution >= 4 is 47.3 Å². The lowest BCUT2D eigenvalue weighted by atomic mass is 10.0. The summed E-state index contributed by atoms with van der Waals surface area (Å²) in [4.78, 5) is 99.5. The number of nitrogens with one attached hydrogen (secondary N) is 5. The molecule has 1 aromatic rings. The van der Waals surface area contributed by atoms with Gasteiger partial charge in [0.15, 0.2) is 0 Å². The molecule has 278 valence electrons. The van der Waals surface area contributed by atoms with E-state index in [4.69, 9.17) is 22.9 Å². The predicted octanol–water partition coefficient (Wildman–Crippen LogP) is -4.95. The Kier molecular flexibility index (Phi) is 19.1. The van der Waals surface area contributed by atoms with Crippen molar-refractivity contribution in [2.45, 2.75) is 81.6 Å². The van der Waals surface area contributed by atoms with Crippen molar-refractivity contribution in [3.05, 3.63) is 29.8 Å². The second-order valence-electron chi connectivity index (χ2n) is 11.3. The monoisotopic (exact) mass is 709 g/mol. The minimum Gasteiger partial charge on any atom is -0.508 e. The van der Waals surface area contributed by atoms with E-state index in [-0.39, 0.29) is 31.4 Å². The van der Waals surface area contributed by atoms with Crippen LogP contribution in [0.4, 0.5) is 0 Å². The van der Waals surface area contributed by atoms with Crippen LogP contribution in [0.3, 0.4) is 0 Å². The van der Waals surface area contributed by atoms with Crippen molar-refractivity contribution in [2.24, 2.45) is 22.9 Å². The number of aliphatic hydroxyl groups is 1. The van der Waals surface area contributed by atoms with Crippen LogP contribution in [0.5, 0.6) is 5.75 Å². The third-order valence-corrected chi connectivity index (χ3v) is 7.22. The number of unbranched alkanes of at least 4 members (excludes halogenated alkanes) is 1. The molecular weight excluding hydrogens is 662 g/mol. The number of aliphatic hydroxyl groups excluding tert-OH is 1. The average molecular weight is 710 g/mol. The molecule has 0 saturated heterocycles. The number of carbonyl (C=O) groups is 8. The van der Waals surface area contributed by atoms with Gasteiger partial charge in [0.05, 0.1) is 13.2 Å².